The fourth-order valence-electron chi connectivity index (χ4n) is 2.38. The van der Waals surface area contributed by atoms with Gasteiger partial charge in [0.1, 0.15) is 32.2 Å². The van der Waals surface area contributed by atoms with Gasteiger partial charge in [0.2, 0.25) is 0 Å². The highest BCUT2D eigenvalue weighted by Crippen LogP contribution is 2.31. The van der Waals surface area contributed by atoms with Crippen molar-refractivity contribution in [3.63, 3.8) is 0 Å². The standard InChI is InChI=1S/C20H20O5/c1-15-3-2-4-17(13-15)22-9-12-25-20(21)8-6-16-5-7-18-19(14-16)24-11-10-23-18/h2-8,13-14H,9-12H2,1H3/b8-6+. The average Bonchev–Trinajstić information content (AvgIpc) is 2.63. The van der Waals surface area contributed by atoms with Crippen molar-refractivity contribution in [2.45, 2.75) is 6.92 Å². The number of hydrogen-bond acceptors (Lipinski definition) is 5. The maximum absolute atomic E-state index is 11.8. The van der Waals surface area contributed by atoms with Crippen LogP contribution >= 0.6 is 0 Å². The normalized spacial score (nSPS) is 12.8. The molecule has 0 fully saturated rings. The Balaban J connectivity index is 1.43. The van der Waals surface area contributed by atoms with E-state index in [1.165, 1.54) is 6.08 Å². The van der Waals surface area contributed by atoms with Crippen molar-refractivity contribution in [3.05, 3.63) is 59.7 Å². The smallest absolute Gasteiger partial charge is 0.330 e. The molecule has 5 heteroatoms. The molecule has 0 amide bonds. The third kappa shape index (κ3) is 5.01. The van der Waals surface area contributed by atoms with Crippen LogP contribution in [-0.2, 0) is 9.53 Å². The van der Waals surface area contributed by atoms with Gasteiger partial charge in [-0.05, 0) is 48.4 Å². The molecular formula is C20H20O5. The van der Waals surface area contributed by atoms with Crippen LogP contribution in [0.5, 0.6) is 17.2 Å². The molecule has 0 bridgehead atoms. The van der Waals surface area contributed by atoms with Crippen molar-refractivity contribution in [2.75, 3.05) is 26.4 Å². The van der Waals surface area contributed by atoms with Crippen LogP contribution in [-0.4, -0.2) is 32.4 Å². The Morgan fingerprint density at radius 3 is 2.76 bits per heavy atom. The van der Waals surface area contributed by atoms with E-state index in [2.05, 4.69) is 0 Å². The van der Waals surface area contributed by atoms with Gasteiger partial charge in [-0.25, -0.2) is 4.79 Å². The zero-order chi connectivity index (χ0) is 17.5. The molecule has 0 aliphatic carbocycles. The molecule has 1 aliphatic heterocycles. The first kappa shape index (κ1) is 16.9. The van der Waals surface area contributed by atoms with Crippen molar-refractivity contribution < 1.29 is 23.7 Å². The minimum Gasteiger partial charge on any atom is -0.490 e. The van der Waals surface area contributed by atoms with E-state index in [4.69, 9.17) is 18.9 Å². The van der Waals surface area contributed by atoms with Gasteiger partial charge in [0.05, 0.1) is 0 Å². The van der Waals surface area contributed by atoms with Gasteiger partial charge in [0, 0.05) is 6.08 Å². The number of carbonyl (C=O) groups excluding carboxylic acids is 1. The van der Waals surface area contributed by atoms with Crippen LogP contribution in [0.3, 0.4) is 0 Å². The predicted molar refractivity (Wildman–Crippen MR) is 94.1 cm³/mol. The van der Waals surface area contributed by atoms with Gasteiger partial charge in [0.15, 0.2) is 11.5 Å². The van der Waals surface area contributed by atoms with E-state index in [1.54, 1.807) is 6.08 Å². The van der Waals surface area contributed by atoms with Crippen LogP contribution in [0.2, 0.25) is 0 Å². The van der Waals surface area contributed by atoms with E-state index in [1.807, 2.05) is 49.4 Å². The molecule has 5 nitrogen and oxygen atoms in total. The Hall–Kier alpha value is -2.95. The van der Waals surface area contributed by atoms with Crippen molar-refractivity contribution in [1.29, 1.82) is 0 Å². The monoisotopic (exact) mass is 340 g/mol. The fraction of sp³-hybridized carbons (Fsp3) is 0.250. The minimum absolute atomic E-state index is 0.193. The molecular weight excluding hydrogens is 320 g/mol. The summed E-state index contributed by atoms with van der Waals surface area (Å²) in [7, 11) is 0. The number of ether oxygens (including phenoxy) is 4. The number of rotatable bonds is 6. The maximum atomic E-state index is 11.8. The first-order valence-electron chi connectivity index (χ1n) is 8.15. The summed E-state index contributed by atoms with van der Waals surface area (Å²) in [5.74, 6) is 1.76. The molecule has 1 heterocycles. The van der Waals surface area contributed by atoms with Gasteiger partial charge in [0.25, 0.3) is 0 Å². The second-order valence-electron chi connectivity index (χ2n) is 5.57. The molecule has 0 saturated heterocycles. The van der Waals surface area contributed by atoms with Gasteiger partial charge in [-0.3, -0.25) is 0 Å². The lowest BCUT2D eigenvalue weighted by Crippen LogP contribution is -2.15. The first-order chi connectivity index (χ1) is 12.2. The van der Waals surface area contributed by atoms with Crippen molar-refractivity contribution >= 4 is 12.0 Å². The van der Waals surface area contributed by atoms with Gasteiger partial charge in [-0.2, -0.15) is 0 Å². The first-order valence-corrected chi connectivity index (χ1v) is 8.15. The highest BCUT2D eigenvalue weighted by atomic mass is 16.6. The Kier molecular flexibility index (Phi) is 5.57. The van der Waals surface area contributed by atoms with Crippen LogP contribution < -0.4 is 14.2 Å². The molecule has 3 rings (SSSR count). The lowest BCUT2D eigenvalue weighted by atomic mass is 10.2. The topological polar surface area (TPSA) is 54.0 Å². The highest BCUT2D eigenvalue weighted by molar-refractivity contribution is 5.87. The van der Waals surface area contributed by atoms with Crippen LogP contribution in [0, 0.1) is 6.92 Å². The Morgan fingerprint density at radius 1 is 1.08 bits per heavy atom. The Bertz CT molecular complexity index is 766. The minimum atomic E-state index is -0.414. The van der Waals surface area contributed by atoms with E-state index < -0.39 is 5.97 Å². The second-order valence-corrected chi connectivity index (χ2v) is 5.57. The Labute approximate surface area is 146 Å². The summed E-state index contributed by atoms with van der Waals surface area (Å²) in [5, 5.41) is 0. The fourth-order valence-corrected chi connectivity index (χ4v) is 2.38. The number of aryl methyl sites for hydroxylation is 1. The zero-order valence-corrected chi connectivity index (χ0v) is 14.1. The molecule has 0 aromatic heterocycles. The molecule has 0 radical (unpaired) electrons. The largest absolute Gasteiger partial charge is 0.490 e. The summed E-state index contributed by atoms with van der Waals surface area (Å²) >= 11 is 0. The molecule has 130 valence electrons. The number of fused-ring (bicyclic) bond motifs is 1. The highest BCUT2D eigenvalue weighted by Gasteiger charge is 2.10. The molecule has 0 N–H and O–H groups in total. The second kappa shape index (κ2) is 8.24. The lowest BCUT2D eigenvalue weighted by Gasteiger charge is -2.18. The summed E-state index contributed by atoms with van der Waals surface area (Å²) < 4.78 is 21.6. The molecule has 1 aliphatic rings. The molecule has 25 heavy (non-hydrogen) atoms. The Morgan fingerprint density at radius 2 is 1.92 bits per heavy atom. The molecule has 0 atom stereocenters. The number of esters is 1. The van der Waals surface area contributed by atoms with Crippen molar-refractivity contribution in [1.82, 2.24) is 0 Å². The molecule has 0 saturated carbocycles. The molecule has 0 unspecified atom stereocenters. The van der Waals surface area contributed by atoms with Gasteiger partial charge in [-0.1, -0.05) is 18.2 Å². The summed E-state index contributed by atoms with van der Waals surface area (Å²) in [6.07, 6.45) is 3.07. The molecule has 0 spiro atoms. The predicted octanol–water partition coefficient (Wildman–Crippen LogP) is 3.40. The molecule has 2 aromatic rings. The van der Waals surface area contributed by atoms with E-state index in [-0.39, 0.29) is 6.61 Å². The van der Waals surface area contributed by atoms with Crippen LogP contribution in [0.4, 0.5) is 0 Å². The van der Waals surface area contributed by atoms with E-state index >= 15 is 0 Å². The van der Waals surface area contributed by atoms with Gasteiger partial charge < -0.3 is 18.9 Å². The van der Waals surface area contributed by atoms with Gasteiger partial charge >= 0.3 is 5.97 Å². The SMILES string of the molecule is Cc1cccc(OCCOC(=O)/C=C/c2ccc3c(c2)OCCO3)c1. The summed E-state index contributed by atoms with van der Waals surface area (Å²) in [5.41, 5.74) is 1.97. The van der Waals surface area contributed by atoms with Crippen molar-refractivity contribution in [2.24, 2.45) is 0 Å². The quantitative estimate of drug-likeness (QED) is 0.458. The van der Waals surface area contributed by atoms with Crippen molar-refractivity contribution in [3.8, 4) is 17.2 Å². The van der Waals surface area contributed by atoms with Crippen LogP contribution in [0.15, 0.2) is 48.5 Å². The summed E-state index contributed by atoms with van der Waals surface area (Å²) in [6, 6.07) is 13.2. The van der Waals surface area contributed by atoms with E-state index in [0.717, 1.165) is 22.6 Å². The lowest BCUT2D eigenvalue weighted by molar-refractivity contribution is -0.138. The number of carbonyl (C=O) groups is 1. The van der Waals surface area contributed by atoms with Gasteiger partial charge in [-0.15, -0.1) is 0 Å². The zero-order valence-electron chi connectivity index (χ0n) is 14.1. The van der Waals surface area contributed by atoms with E-state index in [9.17, 15) is 4.79 Å². The summed E-state index contributed by atoms with van der Waals surface area (Å²) in [6.45, 7) is 3.59. The number of hydrogen-bond donors (Lipinski definition) is 0. The third-order valence-corrected chi connectivity index (χ3v) is 3.56. The third-order valence-electron chi connectivity index (χ3n) is 3.56. The number of benzene rings is 2. The van der Waals surface area contributed by atoms with E-state index in [0.29, 0.717) is 25.6 Å². The average molecular weight is 340 g/mol. The molecule has 2 aromatic carbocycles. The van der Waals surface area contributed by atoms with Crippen LogP contribution in [0.1, 0.15) is 11.1 Å². The summed E-state index contributed by atoms with van der Waals surface area (Å²) in [4.78, 5) is 11.8. The van der Waals surface area contributed by atoms with Crippen LogP contribution in [0.25, 0.3) is 6.08 Å². The maximum Gasteiger partial charge on any atom is 0.330 e.